The first-order chi connectivity index (χ1) is 15.2. The minimum absolute atomic E-state index is 0.191. The van der Waals surface area contributed by atoms with E-state index in [9.17, 15) is 4.79 Å². The summed E-state index contributed by atoms with van der Waals surface area (Å²) >= 11 is 0. The van der Waals surface area contributed by atoms with Gasteiger partial charge in [0.25, 0.3) is 0 Å². The Hall–Kier alpha value is -3.66. The molecule has 6 nitrogen and oxygen atoms in total. The largest absolute Gasteiger partial charge is 0.468 e. The topological polar surface area (TPSA) is 81.1 Å². The van der Waals surface area contributed by atoms with Gasteiger partial charge in [0.2, 0.25) is 0 Å². The van der Waals surface area contributed by atoms with Crippen LogP contribution in [0.3, 0.4) is 0 Å². The van der Waals surface area contributed by atoms with Gasteiger partial charge in [0.05, 0.1) is 30.4 Å². The van der Waals surface area contributed by atoms with Crippen molar-refractivity contribution in [1.82, 2.24) is 0 Å². The highest BCUT2D eigenvalue weighted by Gasteiger charge is 2.23. The summed E-state index contributed by atoms with van der Waals surface area (Å²) in [6.07, 6.45) is 0.937. The lowest BCUT2D eigenvalue weighted by Gasteiger charge is -2.08. The molecule has 3 aromatic rings. The molecule has 1 aliphatic heterocycles. The molecule has 0 saturated carbocycles. The van der Waals surface area contributed by atoms with Crippen molar-refractivity contribution in [3.63, 3.8) is 0 Å². The number of nitriles is 1. The highest BCUT2D eigenvalue weighted by Crippen LogP contribution is 2.38. The Bertz CT molecular complexity index is 1180. The van der Waals surface area contributed by atoms with Crippen LogP contribution in [0.25, 0.3) is 11.1 Å². The van der Waals surface area contributed by atoms with Gasteiger partial charge >= 0.3 is 5.97 Å². The molecule has 1 aliphatic carbocycles. The Morgan fingerprint density at radius 1 is 1.00 bits per heavy atom. The van der Waals surface area contributed by atoms with Crippen molar-refractivity contribution >= 4 is 5.97 Å². The zero-order chi connectivity index (χ0) is 21.2. The average molecular weight is 413 g/mol. The number of hydrogen-bond donors (Lipinski definition) is 0. The fourth-order valence-corrected chi connectivity index (χ4v) is 3.62. The highest BCUT2D eigenvalue weighted by molar-refractivity contribution is 5.93. The summed E-state index contributed by atoms with van der Waals surface area (Å²) in [5.41, 5.74) is 5.48. The number of fused-ring (bicyclic) bond motifs is 3. The maximum Gasteiger partial charge on any atom is 0.343 e. The maximum absolute atomic E-state index is 12.6. The monoisotopic (exact) mass is 413 g/mol. The van der Waals surface area contributed by atoms with Crippen LogP contribution in [0, 0.1) is 11.3 Å². The molecular formula is C25H19NO5. The molecule has 0 spiro atoms. The maximum atomic E-state index is 12.6. The van der Waals surface area contributed by atoms with Gasteiger partial charge in [-0.3, -0.25) is 0 Å². The number of carbonyl (C=O) groups is 1. The third-order valence-corrected chi connectivity index (χ3v) is 5.30. The van der Waals surface area contributed by atoms with E-state index in [1.165, 1.54) is 0 Å². The first-order valence-electron chi connectivity index (χ1n) is 10.0. The van der Waals surface area contributed by atoms with Crippen LogP contribution in [-0.4, -0.2) is 32.1 Å². The lowest BCUT2D eigenvalue weighted by molar-refractivity contribution is 0.00819. The molecule has 0 aromatic heterocycles. The number of benzene rings is 3. The first kappa shape index (κ1) is 19.3. The number of ether oxygens (including phenoxy) is 4. The fraction of sp³-hybridized carbons (Fsp3) is 0.200. The molecule has 1 atom stereocenters. The third-order valence-electron chi connectivity index (χ3n) is 5.30. The van der Waals surface area contributed by atoms with E-state index < -0.39 is 5.97 Å². The van der Waals surface area contributed by atoms with Gasteiger partial charge in [0, 0.05) is 0 Å². The van der Waals surface area contributed by atoms with E-state index in [4.69, 9.17) is 24.2 Å². The summed E-state index contributed by atoms with van der Waals surface area (Å²) < 4.78 is 21.7. The summed E-state index contributed by atoms with van der Waals surface area (Å²) in [6.45, 7) is 1.51. The van der Waals surface area contributed by atoms with Gasteiger partial charge in [-0.05, 0) is 77.2 Å². The second-order valence-corrected chi connectivity index (χ2v) is 7.48. The van der Waals surface area contributed by atoms with E-state index in [2.05, 4.69) is 0 Å². The van der Waals surface area contributed by atoms with Crippen LogP contribution in [0.1, 0.15) is 27.0 Å². The second-order valence-electron chi connectivity index (χ2n) is 7.48. The number of rotatable bonds is 7. The zero-order valence-electron chi connectivity index (χ0n) is 16.7. The van der Waals surface area contributed by atoms with Crippen LogP contribution < -0.4 is 9.47 Å². The SMILES string of the molecule is N#Cc1ccc(OC(=O)c2ccc3c(c2)Cc2cc(OCOCC4CO4)ccc2-3)cc1. The van der Waals surface area contributed by atoms with Crippen molar-refractivity contribution in [2.24, 2.45) is 0 Å². The molecule has 0 amide bonds. The van der Waals surface area contributed by atoms with Crippen LogP contribution in [0.4, 0.5) is 0 Å². The Labute approximate surface area is 179 Å². The van der Waals surface area contributed by atoms with Gasteiger partial charge in [-0.2, -0.15) is 5.26 Å². The number of epoxide rings is 1. The minimum atomic E-state index is -0.427. The molecule has 31 heavy (non-hydrogen) atoms. The summed E-state index contributed by atoms with van der Waals surface area (Å²) in [6, 6.07) is 20.1. The van der Waals surface area contributed by atoms with Gasteiger partial charge in [0.1, 0.15) is 17.6 Å². The lowest BCUT2D eigenvalue weighted by atomic mass is 10.0. The van der Waals surface area contributed by atoms with E-state index in [1.54, 1.807) is 30.3 Å². The summed E-state index contributed by atoms with van der Waals surface area (Å²) in [7, 11) is 0. The number of carbonyl (C=O) groups excluding carboxylic acids is 1. The van der Waals surface area contributed by atoms with E-state index in [0.717, 1.165) is 41.0 Å². The Morgan fingerprint density at radius 2 is 1.71 bits per heavy atom. The van der Waals surface area contributed by atoms with Crippen molar-refractivity contribution in [3.05, 3.63) is 82.9 Å². The lowest BCUT2D eigenvalue weighted by Crippen LogP contribution is -2.08. The van der Waals surface area contributed by atoms with Gasteiger partial charge in [-0.1, -0.05) is 12.1 Å². The van der Waals surface area contributed by atoms with Gasteiger partial charge in [-0.25, -0.2) is 4.79 Å². The van der Waals surface area contributed by atoms with E-state index >= 15 is 0 Å². The summed E-state index contributed by atoms with van der Waals surface area (Å²) in [5.74, 6) is 0.734. The predicted octanol–water partition coefficient (Wildman–Crippen LogP) is 4.10. The van der Waals surface area contributed by atoms with Gasteiger partial charge in [-0.15, -0.1) is 0 Å². The standard InChI is InChI=1S/C25H19NO5/c26-12-16-1-4-20(5-2-16)31-25(27)17-3-7-23-18(9-17)10-19-11-21(6-8-24(19)23)30-15-28-13-22-14-29-22/h1-9,11,22H,10,13-15H2. The number of nitrogens with zero attached hydrogens (tertiary/aromatic N) is 1. The van der Waals surface area contributed by atoms with Crippen molar-refractivity contribution in [1.29, 1.82) is 5.26 Å². The second kappa shape index (κ2) is 8.23. The summed E-state index contributed by atoms with van der Waals surface area (Å²) in [4.78, 5) is 12.6. The van der Waals surface area contributed by atoms with Crippen LogP contribution >= 0.6 is 0 Å². The Morgan fingerprint density at radius 3 is 2.45 bits per heavy atom. The van der Waals surface area contributed by atoms with E-state index in [-0.39, 0.29) is 12.9 Å². The van der Waals surface area contributed by atoms with Gasteiger partial charge in [0.15, 0.2) is 6.79 Å². The zero-order valence-corrected chi connectivity index (χ0v) is 16.7. The first-order valence-corrected chi connectivity index (χ1v) is 10.0. The van der Waals surface area contributed by atoms with Crippen molar-refractivity contribution < 1.29 is 23.7 Å². The smallest absolute Gasteiger partial charge is 0.343 e. The van der Waals surface area contributed by atoms with Crippen molar-refractivity contribution in [2.75, 3.05) is 20.0 Å². The molecule has 6 heteroatoms. The summed E-state index contributed by atoms with van der Waals surface area (Å²) in [5, 5.41) is 8.87. The van der Waals surface area contributed by atoms with E-state index in [1.807, 2.05) is 36.4 Å². The molecule has 1 heterocycles. The Balaban J connectivity index is 1.25. The highest BCUT2D eigenvalue weighted by atomic mass is 16.7. The molecule has 5 rings (SSSR count). The third kappa shape index (κ3) is 4.29. The molecule has 1 fully saturated rings. The predicted molar refractivity (Wildman–Crippen MR) is 112 cm³/mol. The molecule has 3 aromatic carbocycles. The van der Waals surface area contributed by atoms with Gasteiger partial charge < -0.3 is 18.9 Å². The average Bonchev–Trinajstić information content (AvgIpc) is 3.55. The van der Waals surface area contributed by atoms with Crippen LogP contribution in [0.15, 0.2) is 60.7 Å². The molecule has 1 unspecified atom stereocenters. The molecule has 0 radical (unpaired) electrons. The fourth-order valence-electron chi connectivity index (χ4n) is 3.62. The molecule has 2 aliphatic rings. The Kier molecular flexibility index (Phi) is 5.13. The molecule has 154 valence electrons. The van der Waals surface area contributed by atoms with E-state index in [0.29, 0.717) is 23.5 Å². The molecule has 0 bridgehead atoms. The van der Waals surface area contributed by atoms with Crippen molar-refractivity contribution in [2.45, 2.75) is 12.5 Å². The van der Waals surface area contributed by atoms with Crippen LogP contribution in [0.2, 0.25) is 0 Å². The number of esters is 1. The van der Waals surface area contributed by atoms with Crippen LogP contribution in [0.5, 0.6) is 11.5 Å². The quantitative estimate of drug-likeness (QED) is 0.149. The van der Waals surface area contributed by atoms with Crippen LogP contribution in [-0.2, 0) is 15.9 Å². The normalized spacial score (nSPS) is 15.5. The molecular weight excluding hydrogens is 394 g/mol. The molecule has 1 saturated heterocycles. The molecule has 0 N–H and O–H groups in total. The number of hydrogen-bond acceptors (Lipinski definition) is 6. The minimum Gasteiger partial charge on any atom is -0.468 e. The van der Waals surface area contributed by atoms with Crippen molar-refractivity contribution in [3.8, 4) is 28.7 Å².